The second-order valence-electron chi connectivity index (χ2n) is 6.28. The van der Waals surface area contributed by atoms with Crippen molar-refractivity contribution in [3.05, 3.63) is 36.4 Å². The average molecular weight is 275 g/mol. The number of anilines is 1. The molecule has 0 radical (unpaired) electrons. The Morgan fingerprint density at radius 1 is 1.20 bits per heavy atom. The number of hydrogen-bond donors (Lipinski definition) is 0. The Bertz CT molecular complexity index is 454. The van der Waals surface area contributed by atoms with Crippen molar-refractivity contribution in [1.29, 1.82) is 0 Å². The second kappa shape index (κ2) is 5.73. The molecule has 1 aliphatic heterocycles. The number of nitrogens with zero attached hydrogens (tertiary/aromatic N) is 3. The first-order chi connectivity index (χ1) is 9.35. The second-order valence-corrected chi connectivity index (χ2v) is 6.28. The molecule has 2 heterocycles. The molecule has 110 valence electrons. The third kappa shape index (κ3) is 3.89. The van der Waals surface area contributed by atoms with Gasteiger partial charge < -0.3 is 14.5 Å². The van der Waals surface area contributed by atoms with E-state index in [-0.39, 0.29) is 5.60 Å². The molecule has 4 heteroatoms. The number of aromatic nitrogens is 1. The quantitative estimate of drug-likeness (QED) is 0.793. The summed E-state index contributed by atoms with van der Waals surface area (Å²) in [7, 11) is 0. The van der Waals surface area contributed by atoms with E-state index in [2.05, 4.69) is 40.4 Å². The van der Waals surface area contributed by atoms with Crippen LogP contribution in [0, 0.1) is 6.92 Å². The molecule has 1 saturated heterocycles. The normalized spacial score (nSPS) is 16.2. The summed E-state index contributed by atoms with van der Waals surface area (Å²) in [6.07, 6.45) is 1.92. The molecule has 4 nitrogen and oxygen atoms in total. The Kier molecular flexibility index (Phi) is 4.21. The summed E-state index contributed by atoms with van der Waals surface area (Å²) in [5, 5.41) is 0. The third-order valence-electron chi connectivity index (χ3n) is 3.28. The molecule has 0 N–H and O–H groups in total. The van der Waals surface area contributed by atoms with E-state index in [1.165, 1.54) is 5.56 Å². The number of piperazine rings is 1. The highest BCUT2D eigenvalue weighted by molar-refractivity contribution is 5.39. The van der Waals surface area contributed by atoms with Crippen molar-refractivity contribution in [3.8, 4) is 0 Å². The van der Waals surface area contributed by atoms with Crippen LogP contribution in [-0.4, -0.2) is 41.7 Å². The molecule has 1 aromatic heterocycles. The first kappa shape index (κ1) is 14.7. The molecule has 0 aliphatic carbocycles. The fraction of sp³-hybridized carbons (Fsp3) is 0.562. The molecule has 20 heavy (non-hydrogen) atoms. The van der Waals surface area contributed by atoms with Gasteiger partial charge in [0.1, 0.15) is 11.4 Å². The predicted octanol–water partition coefficient (Wildman–Crippen LogP) is 2.80. The minimum Gasteiger partial charge on any atom is -0.474 e. The van der Waals surface area contributed by atoms with E-state index in [0.29, 0.717) is 0 Å². The van der Waals surface area contributed by atoms with E-state index >= 15 is 0 Å². The van der Waals surface area contributed by atoms with Gasteiger partial charge in [0.15, 0.2) is 5.88 Å². The largest absolute Gasteiger partial charge is 0.474 e. The van der Waals surface area contributed by atoms with Crippen LogP contribution in [0.2, 0.25) is 0 Å². The molecule has 1 aromatic rings. The minimum absolute atomic E-state index is 0.188. The standard InChI is InChI=1S/C16H25N3O/c1-13-6-7-15(17-12-13)19-10-8-18(9-11-19)14(2)20-16(3,4)5/h6-7,12H,2,8-11H2,1,3-5H3. The first-order valence-electron chi connectivity index (χ1n) is 7.16. The van der Waals surface area contributed by atoms with Crippen molar-refractivity contribution in [1.82, 2.24) is 9.88 Å². The Labute approximate surface area is 122 Å². The number of rotatable bonds is 3. The maximum Gasteiger partial charge on any atom is 0.182 e. The smallest absolute Gasteiger partial charge is 0.182 e. The molecule has 1 fully saturated rings. The van der Waals surface area contributed by atoms with Gasteiger partial charge in [0.2, 0.25) is 0 Å². The summed E-state index contributed by atoms with van der Waals surface area (Å²) in [6.45, 7) is 16.0. The Morgan fingerprint density at radius 3 is 2.35 bits per heavy atom. The third-order valence-corrected chi connectivity index (χ3v) is 3.28. The van der Waals surface area contributed by atoms with E-state index in [1.54, 1.807) is 0 Å². The van der Waals surface area contributed by atoms with Gasteiger partial charge in [-0.05, 0) is 45.9 Å². The topological polar surface area (TPSA) is 28.6 Å². The highest BCUT2D eigenvalue weighted by Crippen LogP contribution is 2.19. The van der Waals surface area contributed by atoms with Crippen molar-refractivity contribution in [2.75, 3.05) is 31.1 Å². The fourth-order valence-electron chi connectivity index (χ4n) is 2.25. The van der Waals surface area contributed by atoms with Crippen LogP contribution < -0.4 is 4.90 Å². The van der Waals surface area contributed by atoms with Crippen molar-refractivity contribution in [2.24, 2.45) is 0 Å². The van der Waals surface area contributed by atoms with Gasteiger partial charge in [-0.1, -0.05) is 6.07 Å². The van der Waals surface area contributed by atoms with E-state index in [4.69, 9.17) is 4.74 Å². The highest BCUT2D eigenvalue weighted by atomic mass is 16.5. The van der Waals surface area contributed by atoms with Crippen molar-refractivity contribution >= 4 is 5.82 Å². The summed E-state index contributed by atoms with van der Waals surface area (Å²) in [5.74, 6) is 1.83. The summed E-state index contributed by atoms with van der Waals surface area (Å²) in [4.78, 5) is 9.00. The fourth-order valence-corrected chi connectivity index (χ4v) is 2.25. The van der Waals surface area contributed by atoms with Gasteiger partial charge >= 0.3 is 0 Å². The van der Waals surface area contributed by atoms with E-state index in [9.17, 15) is 0 Å². The Balaban J connectivity index is 1.89. The maximum absolute atomic E-state index is 5.83. The maximum atomic E-state index is 5.83. The molecule has 0 atom stereocenters. The van der Waals surface area contributed by atoms with Crippen LogP contribution in [0.25, 0.3) is 0 Å². The zero-order chi connectivity index (χ0) is 14.8. The van der Waals surface area contributed by atoms with E-state index in [0.717, 1.165) is 37.9 Å². The molecule has 0 amide bonds. The van der Waals surface area contributed by atoms with Crippen LogP contribution >= 0.6 is 0 Å². The number of hydrogen-bond acceptors (Lipinski definition) is 4. The van der Waals surface area contributed by atoms with Gasteiger partial charge in [0, 0.05) is 32.4 Å². The zero-order valence-corrected chi connectivity index (χ0v) is 13.0. The molecule has 0 bridgehead atoms. The molecular weight excluding hydrogens is 250 g/mol. The predicted molar refractivity (Wildman–Crippen MR) is 82.7 cm³/mol. The SMILES string of the molecule is C=C(OC(C)(C)C)N1CCN(c2ccc(C)cn2)CC1. The van der Waals surface area contributed by atoms with E-state index < -0.39 is 0 Å². The molecular formula is C16H25N3O. The number of pyridine rings is 1. The minimum atomic E-state index is -0.188. The van der Waals surface area contributed by atoms with Gasteiger partial charge in [-0.15, -0.1) is 0 Å². The lowest BCUT2D eigenvalue weighted by molar-refractivity contribution is 0.00164. The monoisotopic (exact) mass is 275 g/mol. The van der Waals surface area contributed by atoms with E-state index in [1.807, 2.05) is 27.0 Å². The van der Waals surface area contributed by atoms with Crippen molar-refractivity contribution < 1.29 is 4.74 Å². The molecule has 0 spiro atoms. The molecule has 1 aliphatic rings. The van der Waals surface area contributed by atoms with Crippen LogP contribution in [-0.2, 0) is 4.74 Å². The Hall–Kier alpha value is -1.71. The number of aryl methyl sites for hydroxylation is 1. The summed E-state index contributed by atoms with van der Waals surface area (Å²) in [5.41, 5.74) is 1.01. The lowest BCUT2D eigenvalue weighted by Gasteiger charge is -2.38. The van der Waals surface area contributed by atoms with Gasteiger partial charge in [0.05, 0.1) is 0 Å². The van der Waals surface area contributed by atoms with Crippen molar-refractivity contribution in [2.45, 2.75) is 33.3 Å². The van der Waals surface area contributed by atoms with Gasteiger partial charge in [-0.25, -0.2) is 4.98 Å². The highest BCUT2D eigenvalue weighted by Gasteiger charge is 2.22. The van der Waals surface area contributed by atoms with Crippen LogP contribution in [0.5, 0.6) is 0 Å². The summed E-state index contributed by atoms with van der Waals surface area (Å²) >= 11 is 0. The van der Waals surface area contributed by atoms with Crippen LogP contribution in [0.1, 0.15) is 26.3 Å². The summed E-state index contributed by atoms with van der Waals surface area (Å²) in [6, 6.07) is 4.20. The lowest BCUT2D eigenvalue weighted by atomic mass is 10.2. The molecule has 0 saturated carbocycles. The molecule has 0 unspecified atom stereocenters. The summed E-state index contributed by atoms with van der Waals surface area (Å²) < 4.78 is 5.83. The van der Waals surface area contributed by atoms with Gasteiger partial charge in [0.25, 0.3) is 0 Å². The lowest BCUT2D eigenvalue weighted by Crippen LogP contribution is -2.47. The average Bonchev–Trinajstić information content (AvgIpc) is 2.38. The zero-order valence-electron chi connectivity index (χ0n) is 13.0. The van der Waals surface area contributed by atoms with Crippen molar-refractivity contribution in [3.63, 3.8) is 0 Å². The molecule has 2 rings (SSSR count). The van der Waals surface area contributed by atoms with Gasteiger partial charge in [-0.2, -0.15) is 0 Å². The Morgan fingerprint density at radius 2 is 1.85 bits per heavy atom. The van der Waals surface area contributed by atoms with Gasteiger partial charge in [-0.3, -0.25) is 0 Å². The van der Waals surface area contributed by atoms with Crippen LogP contribution in [0.15, 0.2) is 30.8 Å². The molecule has 0 aromatic carbocycles. The van der Waals surface area contributed by atoms with Crippen LogP contribution in [0.4, 0.5) is 5.82 Å². The first-order valence-corrected chi connectivity index (χ1v) is 7.16. The van der Waals surface area contributed by atoms with Crippen LogP contribution in [0.3, 0.4) is 0 Å². The number of ether oxygens (including phenoxy) is 1.